The lowest BCUT2D eigenvalue weighted by atomic mass is 10.1. The van der Waals surface area contributed by atoms with Gasteiger partial charge in [0.2, 0.25) is 0 Å². The average Bonchev–Trinajstić information content (AvgIpc) is 3.08. The number of aromatic nitrogens is 1. The van der Waals surface area contributed by atoms with Crippen LogP contribution >= 0.6 is 0 Å². The highest BCUT2D eigenvalue weighted by Crippen LogP contribution is 2.33. The minimum Gasteiger partial charge on any atom is -0.399 e. The number of benzene rings is 3. The highest BCUT2D eigenvalue weighted by atomic mass is 19.1. The van der Waals surface area contributed by atoms with Gasteiger partial charge in [-0.1, -0.05) is 24.3 Å². The largest absolute Gasteiger partial charge is 0.399 e. The van der Waals surface area contributed by atoms with E-state index in [9.17, 15) is 4.39 Å². The van der Waals surface area contributed by atoms with Crippen LogP contribution in [0.5, 0.6) is 0 Å². The summed E-state index contributed by atoms with van der Waals surface area (Å²) >= 11 is 0. The summed E-state index contributed by atoms with van der Waals surface area (Å²) in [7, 11) is 0. The van der Waals surface area contributed by atoms with E-state index in [4.69, 9.17) is 11.5 Å². The van der Waals surface area contributed by atoms with Crippen molar-refractivity contribution in [2.75, 3.05) is 11.5 Å². The topological polar surface area (TPSA) is 57.0 Å². The zero-order valence-corrected chi connectivity index (χ0v) is 14.1. The van der Waals surface area contributed by atoms with Crippen molar-refractivity contribution in [3.63, 3.8) is 0 Å². The number of nitrogen functional groups attached to an aromatic ring is 2. The molecule has 0 spiro atoms. The smallest absolute Gasteiger partial charge is 0.123 e. The monoisotopic (exact) mass is 343 g/mol. The van der Waals surface area contributed by atoms with Gasteiger partial charge < -0.3 is 16.0 Å². The summed E-state index contributed by atoms with van der Waals surface area (Å²) < 4.78 is 15.5. The van der Waals surface area contributed by atoms with Gasteiger partial charge in [-0.15, -0.1) is 0 Å². The van der Waals surface area contributed by atoms with Crippen molar-refractivity contribution in [1.29, 1.82) is 0 Å². The molecule has 1 heterocycles. The van der Waals surface area contributed by atoms with E-state index in [0.717, 1.165) is 28.2 Å². The second-order valence-electron chi connectivity index (χ2n) is 6.16. The predicted octanol–water partition coefficient (Wildman–Crippen LogP) is 5.11. The predicted molar refractivity (Wildman–Crippen MR) is 105 cm³/mol. The summed E-state index contributed by atoms with van der Waals surface area (Å²) in [6.45, 7) is 0. The number of nitrogens with zero attached hydrogens (tertiary/aromatic N) is 1. The van der Waals surface area contributed by atoms with Gasteiger partial charge in [-0.05, 0) is 71.8 Å². The fourth-order valence-electron chi connectivity index (χ4n) is 3.06. The Labute approximate surface area is 151 Å². The van der Waals surface area contributed by atoms with E-state index in [1.807, 2.05) is 48.5 Å². The Hall–Kier alpha value is -3.53. The maximum Gasteiger partial charge on any atom is 0.123 e. The quantitative estimate of drug-likeness (QED) is 0.508. The highest BCUT2D eigenvalue weighted by Gasteiger charge is 2.13. The van der Waals surface area contributed by atoms with Gasteiger partial charge in [0.25, 0.3) is 0 Å². The summed E-state index contributed by atoms with van der Waals surface area (Å²) in [6.07, 6.45) is 0. The average molecular weight is 343 g/mol. The van der Waals surface area contributed by atoms with Gasteiger partial charge in [0.1, 0.15) is 5.82 Å². The van der Waals surface area contributed by atoms with Gasteiger partial charge in [0.15, 0.2) is 0 Å². The first kappa shape index (κ1) is 16.0. The molecule has 26 heavy (non-hydrogen) atoms. The lowest BCUT2D eigenvalue weighted by molar-refractivity contribution is 0.627. The van der Waals surface area contributed by atoms with Crippen LogP contribution in [0.2, 0.25) is 0 Å². The molecule has 128 valence electrons. The van der Waals surface area contributed by atoms with Crippen molar-refractivity contribution in [1.82, 2.24) is 4.57 Å². The fourth-order valence-corrected chi connectivity index (χ4v) is 3.06. The minimum atomic E-state index is -0.260. The highest BCUT2D eigenvalue weighted by molar-refractivity contribution is 5.74. The zero-order chi connectivity index (χ0) is 18.1. The molecule has 0 atom stereocenters. The Kier molecular flexibility index (Phi) is 3.93. The minimum absolute atomic E-state index is 0.260. The van der Waals surface area contributed by atoms with E-state index in [1.165, 1.54) is 12.1 Å². The van der Waals surface area contributed by atoms with Crippen LogP contribution in [0.25, 0.3) is 28.2 Å². The second-order valence-corrected chi connectivity index (χ2v) is 6.16. The molecule has 1 aromatic heterocycles. The van der Waals surface area contributed by atoms with Gasteiger partial charge >= 0.3 is 0 Å². The van der Waals surface area contributed by atoms with Crippen molar-refractivity contribution in [3.8, 4) is 28.2 Å². The molecule has 4 rings (SSSR count). The van der Waals surface area contributed by atoms with Crippen molar-refractivity contribution in [3.05, 3.63) is 90.7 Å². The van der Waals surface area contributed by atoms with E-state index < -0.39 is 0 Å². The third kappa shape index (κ3) is 2.93. The molecule has 0 radical (unpaired) electrons. The van der Waals surface area contributed by atoms with E-state index >= 15 is 0 Å². The van der Waals surface area contributed by atoms with Gasteiger partial charge in [-0.3, -0.25) is 0 Å². The molecule has 0 saturated carbocycles. The van der Waals surface area contributed by atoms with Crippen LogP contribution in [-0.4, -0.2) is 4.57 Å². The van der Waals surface area contributed by atoms with Crippen LogP contribution in [0.1, 0.15) is 0 Å². The van der Waals surface area contributed by atoms with Crippen LogP contribution in [0.15, 0.2) is 84.9 Å². The molecule has 0 unspecified atom stereocenters. The molecule has 3 nitrogen and oxygen atoms in total. The molecular formula is C22H18FN3. The van der Waals surface area contributed by atoms with Gasteiger partial charge in [0.05, 0.1) is 11.4 Å². The molecule has 4 aromatic rings. The number of anilines is 2. The molecular weight excluding hydrogens is 325 g/mol. The third-order valence-corrected chi connectivity index (χ3v) is 4.38. The van der Waals surface area contributed by atoms with E-state index in [2.05, 4.69) is 16.7 Å². The summed E-state index contributed by atoms with van der Waals surface area (Å²) in [6, 6.07) is 26.0. The fraction of sp³-hybridized carbons (Fsp3) is 0. The first-order valence-electron chi connectivity index (χ1n) is 8.31. The Morgan fingerprint density at radius 3 is 1.38 bits per heavy atom. The lowest BCUT2D eigenvalue weighted by Gasteiger charge is -2.15. The van der Waals surface area contributed by atoms with E-state index in [0.29, 0.717) is 11.4 Å². The zero-order valence-electron chi connectivity index (χ0n) is 14.1. The van der Waals surface area contributed by atoms with Crippen molar-refractivity contribution in [2.24, 2.45) is 0 Å². The summed E-state index contributed by atoms with van der Waals surface area (Å²) in [5, 5.41) is 0. The maximum absolute atomic E-state index is 13.4. The maximum atomic E-state index is 13.4. The molecule has 0 aliphatic heterocycles. The lowest BCUT2D eigenvalue weighted by Crippen LogP contribution is -2.00. The number of halogens is 1. The standard InChI is InChI=1S/C22H18FN3/c23-17-5-11-20(12-6-17)26-21(15-1-7-18(24)8-2-15)13-14-22(26)16-3-9-19(25)10-4-16/h1-14H,24-25H2. The Bertz CT molecular complexity index is 967. The molecule has 0 aliphatic rings. The van der Waals surface area contributed by atoms with Crippen LogP contribution in [0.4, 0.5) is 15.8 Å². The SMILES string of the molecule is Nc1ccc(-c2ccc(-c3ccc(N)cc3)n2-c2ccc(F)cc2)cc1. The van der Waals surface area contributed by atoms with Crippen LogP contribution < -0.4 is 11.5 Å². The van der Waals surface area contributed by atoms with Crippen molar-refractivity contribution in [2.45, 2.75) is 0 Å². The number of rotatable bonds is 3. The Morgan fingerprint density at radius 1 is 0.538 bits per heavy atom. The Morgan fingerprint density at radius 2 is 0.962 bits per heavy atom. The molecule has 0 fully saturated rings. The summed E-state index contributed by atoms with van der Waals surface area (Å²) in [4.78, 5) is 0. The number of nitrogens with two attached hydrogens (primary N) is 2. The van der Waals surface area contributed by atoms with Gasteiger partial charge in [0, 0.05) is 17.1 Å². The normalized spacial score (nSPS) is 10.8. The first-order chi connectivity index (χ1) is 12.6. The van der Waals surface area contributed by atoms with Crippen molar-refractivity contribution >= 4 is 11.4 Å². The summed E-state index contributed by atoms with van der Waals surface area (Å²) in [5.74, 6) is -0.260. The second kappa shape index (κ2) is 6.41. The molecule has 4 heteroatoms. The Balaban J connectivity index is 1.93. The summed E-state index contributed by atoms with van der Waals surface area (Å²) in [5.41, 5.74) is 18.0. The van der Waals surface area contributed by atoms with Crippen LogP contribution in [-0.2, 0) is 0 Å². The number of hydrogen-bond acceptors (Lipinski definition) is 2. The first-order valence-corrected chi connectivity index (χ1v) is 8.31. The molecule has 4 N–H and O–H groups in total. The number of hydrogen-bond donors (Lipinski definition) is 2. The van der Waals surface area contributed by atoms with E-state index in [-0.39, 0.29) is 5.82 Å². The van der Waals surface area contributed by atoms with Crippen LogP contribution in [0.3, 0.4) is 0 Å². The molecule has 0 bridgehead atoms. The molecule has 3 aromatic carbocycles. The third-order valence-electron chi connectivity index (χ3n) is 4.38. The van der Waals surface area contributed by atoms with Crippen molar-refractivity contribution < 1.29 is 4.39 Å². The van der Waals surface area contributed by atoms with E-state index in [1.54, 1.807) is 12.1 Å². The molecule has 0 saturated heterocycles. The molecule has 0 amide bonds. The van der Waals surface area contributed by atoms with Gasteiger partial charge in [-0.2, -0.15) is 0 Å². The van der Waals surface area contributed by atoms with Gasteiger partial charge in [-0.25, -0.2) is 4.39 Å². The van der Waals surface area contributed by atoms with Crippen LogP contribution in [0, 0.1) is 5.82 Å². The molecule has 0 aliphatic carbocycles.